The number of aromatic nitrogens is 1. The normalized spacial score (nSPS) is 27.6. The van der Waals surface area contributed by atoms with E-state index in [1.807, 2.05) is 30.3 Å². The summed E-state index contributed by atoms with van der Waals surface area (Å²) in [5.41, 5.74) is 1.61. The largest absolute Gasteiger partial charge is 0.366 e. The standard InChI is InChI=1S/C17H17N3/c18-10-14-9-12-3-1-2-4-15(12)19-17(14)20-16-8-11-5-6-13(16)7-11/h1-4,9,11,13,16H,5-8H2,(H,19,20). The van der Waals surface area contributed by atoms with Crippen LogP contribution in [0.25, 0.3) is 10.9 Å². The Balaban J connectivity index is 1.70. The molecule has 2 aromatic rings. The summed E-state index contributed by atoms with van der Waals surface area (Å²) in [6, 6.07) is 12.7. The van der Waals surface area contributed by atoms with E-state index < -0.39 is 0 Å². The molecule has 2 bridgehead atoms. The van der Waals surface area contributed by atoms with E-state index in [0.717, 1.165) is 28.6 Å². The average Bonchev–Trinajstić information content (AvgIpc) is 3.09. The Kier molecular flexibility index (Phi) is 2.63. The van der Waals surface area contributed by atoms with Crippen LogP contribution < -0.4 is 5.32 Å². The van der Waals surface area contributed by atoms with Crippen molar-refractivity contribution in [1.29, 1.82) is 5.26 Å². The maximum Gasteiger partial charge on any atom is 0.144 e. The Morgan fingerprint density at radius 2 is 2.10 bits per heavy atom. The quantitative estimate of drug-likeness (QED) is 0.898. The average molecular weight is 263 g/mol. The van der Waals surface area contributed by atoms with Gasteiger partial charge in [-0.15, -0.1) is 0 Å². The van der Waals surface area contributed by atoms with Crippen LogP contribution in [0.15, 0.2) is 30.3 Å². The molecule has 4 rings (SSSR count). The third-order valence-corrected chi connectivity index (χ3v) is 4.90. The predicted octanol–water partition coefficient (Wildman–Crippen LogP) is 3.71. The number of nitrogens with one attached hydrogen (secondary N) is 1. The van der Waals surface area contributed by atoms with Gasteiger partial charge in [-0.25, -0.2) is 4.98 Å². The van der Waals surface area contributed by atoms with Crippen molar-refractivity contribution in [1.82, 2.24) is 4.98 Å². The van der Waals surface area contributed by atoms with Crippen LogP contribution >= 0.6 is 0 Å². The molecular weight excluding hydrogens is 246 g/mol. The minimum absolute atomic E-state index is 0.509. The van der Waals surface area contributed by atoms with E-state index in [-0.39, 0.29) is 0 Å². The smallest absolute Gasteiger partial charge is 0.144 e. The van der Waals surface area contributed by atoms with E-state index in [1.54, 1.807) is 0 Å². The molecule has 2 saturated carbocycles. The number of anilines is 1. The zero-order chi connectivity index (χ0) is 13.5. The monoisotopic (exact) mass is 263 g/mol. The molecule has 0 saturated heterocycles. The lowest BCUT2D eigenvalue weighted by Gasteiger charge is -2.24. The van der Waals surface area contributed by atoms with Crippen molar-refractivity contribution in [2.75, 3.05) is 5.32 Å². The van der Waals surface area contributed by atoms with Crippen LogP contribution in [0, 0.1) is 23.2 Å². The first-order valence-corrected chi connectivity index (χ1v) is 7.40. The summed E-state index contributed by atoms with van der Waals surface area (Å²) in [7, 11) is 0. The van der Waals surface area contributed by atoms with Gasteiger partial charge in [0.15, 0.2) is 0 Å². The van der Waals surface area contributed by atoms with Crippen LogP contribution in [0.2, 0.25) is 0 Å². The minimum Gasteiger partial charge on any atom is -0.366 e. The Hall–Kier alpha value is -2.08. The SMILES string of the molecule is N#Cc1cc2ccccc2nc1NC1CC2CCC1C2. The lowest BCUT2D eigenvalue weighted by Crippen LogP contribution is -2.26. The van der Waals surface area contributed by atoms with Gasteiger partial charge in [0.2, 0.25) is 0 Å². The number of benzene rings is 1. The van der Waals surface area contributed by atoms with Gasteiger partial charge in [0.25, 0.3) is 0 Å². The maximum absolute atomic E-state index is 9.35. The minimum atomic E-state index is 0.509. The summed E-state index contributed by atoms with van der Waals surface area (Å²) in [5.74, 6) is 2.44. The molecule has 1 heterocycles. The van der Waals surface area contributed by atoms with E-state index >= 15 is 0 Å². The fraction of sp³-hybridized carbons (Fsp3) is 0.412. The number of hydrogen-bond donors (Lipinski definition) is 1. The molecule has 3 atom stereocenters. The first kappa shape index (κ1) is 11.7. The van der Waals surface area contributed by atoms with Gasteiger partial charge in [-0.05, 0) is 43.2 Å². The molecule has 1 N–H and O–H groups in total. The van der Waals surface area contributed by atoms with Gasteiger partial charge in [0.1, 0.15) is 11.9 Å². The van der Waals surface area contributed by atoms with Crippen LogP contribution in [-0.2, 0) is 0 Å². The summed E-state index contributed by atoms with van der Waals surface area (Å²) in [6.07, 6.45) is 5.31. The van der Waals surface area contributed by atoms with Crippen molar-refractivity contribution < 1.29 is 0 Å². The zero-order valence-electron chi connectivity index (χ0n) is 11.3. The molecule has 0 aliphatic heterocycles. The van der Waals surface area contributed by atoms with Crippen molar-refractivity contribution in [3.05, 3.63) is 35.9 Å². The van der Waals surface area contributed by atoms with Gasteiger partial charge in [-0.2, -0.15) is 5.26 Å². The highest BCUT2D eigenvalue weighted by Gasteiger charge is 2.39. The van der Waals surface area contributed by atoms with Gasteiger partial charge in [0.05, 0.1) is 11.1 Å². The molecule has 2 fully saturated rings. The van der Waals surface area contributed by atoms with Crippen molar-refractivity contribution >= 4 is 16.7 Å². The number of fused-ring (bicyclic) bond motifs is 3. The molecule has 1 aromatic carbocycles. The number of para-hydroxylation sites is 1. The van der Waals surface area contributed by atoms with Crippen LogP contribution in [-0.4, -0.2) is 11.0 Å². The van der Waals surface area contributed by atoms with Crippen molar-refractivity contribution in [3.63, 3.8) is 0 Å². The van der Waals surface area contributed by atoms with Crippen molar-refractivity contribution in [3.8, 4) is 6.07 Å². The van der Waals surface area contributed by atoms with Gasteiger partial charge in [-0.3, -0.25) is 0 Å². The van der Waals surface area contributed by atoms with Crippen molar-refractivity contribution in [2.45, 2.75) is 31.7 Å². The Bertz CT molecular complexity index is 701. The third-order valence-electron chi connectivity index (χ3n) is 4.90. The molecule has 0 amide bonds. The van der Waals surface area contributed by atoms with Crippen LogP contribution in [0.5, 0.6) is 0 Å². The predicted molar refractivity (Wildman–Crippen MR) is 79.3 cm³/mol. The molecule has 100 valence electrons. The van der Waals surface area contributed by atoms with E-state index in [1.165, 1.54) is 25.7 Å². The first-order valence-electron chi connectivity index (χ1n) is 7.40. The second-order valence-electron chi connectivity index (χ2n) is 6.11. The highest BCUT2D eigenvalue weighted by molar-refractivity contribution is 5.82. The third kappa shape index (κ3) is 1.84. The van der Waals surface area contributed by atoms with Gasteiger partial charge < -0.3 is 5.32 Å². The number of rotatable bonds is 2. The van der Waals surface area contributed by atoms with Gasteiger partial charge in [-0.1, -0.05) is 24.6 Å². The summed E-state index contributed by atoms with van der Waals surface area (Å²) >= 11 is 0. The Labute approximate surface area is 118 Å². The van der Waals surface area contributed by atoms with Gasteiger partial charge >= 0.3 is 0 Å². The fourth-order valence-electron chi connectivity index (χ4n) is 3.91. The molecule has 3 nitrogen and oxygen atoms in total. The Morgan fingerprint density at radius 1 is 1.20 bits per heavy atom. The fourth-order valence-corrected chi connectivity index (χ4v) is 3.91. The van der Waals surface area contributed by atoms with Crippen LogP contribution in [0.1, 0.15) is 31.2 Å². The van der Waals surface area contributed by atoms with E-state index in [4.69, 9.17) is 0 Å². The van der Waals surface area contributed by atoms with Crippen molar-refractivity contribution in [2.24, 2.45) is 11.8 Å². The number of nitriles is 1. The van der Waals surface area contributed by atoms with E-state index in [2.05, 4.69) is 16.4 Å². The summed E-state index contributed by atoms with van der Waals surface area (Å²) in [6.45, 7) is 0. The number of nitrogens with zero attached hydrogens (tertiary/aromatic N) is 2. The zero-order valence-corrected chi connectivity index (χ0v) is 11.3. The summed E-state index contributed by atoms with van der Waals surface area (Å²) in [5, 5.41) is 13.9. The van der Waals surface area contributed by atoms with Crippen LogP contribution in [0.3, 0.4) is 0 Å². The second kappa shape index (κ2) is 4.49. The molecule has 0 radical (unpaired) electrons. The molecule has 2 aliphatic rings. The highest BCUT2D eigenvalue weighted by atomic mass is 15.0. The van der Waals surface area contributed by atoms with Gasteiger partial charge in [0, 0.05) is 11.4 Å². The summed E-state index contributed by atoms with van der Waals surface area (Å²) < 4.78 is 0. The first-order chi connectivity index (χ1) is 9.83. The van der Waals surface area contributed by atoms with Crippen LogP contribution in [0.4, 0.5) is 5.82 Å². The molecule has 0 spiro atoms. The lowest BCUT2D eigenvalue weighted by atomic mass is 9.95. The second-order valence-corrected chi connectivity index (χ2v) is 6.11. The molecule has 1 aromatic heterocycles. The topological polar surface area (TPSA) is 48.7 Å². The number of pyridine rings is 1. The maximum atomic E-state index is 9.35. The molecule has 3 heteroatoms. The molecular formula is C17H17N3. The molecule has 2 aliphatic carbocycles. The molecule has 3 unspecified atom stereocenters. The molecule has 20 heavy (non-hydrogen) atoms. The Morgan fingerprint density at radius 3 is 2.85 bits per heavy atom. The lowest BCUT2D eigenvalue weighted by molar-refractivity contribution is 0.439. The number of hydrogen-bond acceptors (Lipinski definition) is 3. The highest BCUT2D eigenvalue weighted by Crippen LogP contribution is 2.45. The van der Waals surface area contributed by atoms with E-state index in [9.17, 15) is 5.26 Å². The summed E-state index contributed by atoms with van der Waals surface area (Å²) in [4.78, 5) is 4.66. The van der Waals surface area contributed by atoms with E-state index in [0.29, 0.717) is 11.6 Å².